The van der Waals surface area contributed by atoms with Crippen molar-refractivity contribution in [1.29, 1.82) is 0 Å². The van der Waals surface area contributed by atoms with Crippen molar-refractivity contribution in [2.45, 2.75) is 12.5 Å². The van der Waals surface area contributed by atoms with Crippen LogP contribution >= 0.6 is 24.0 Å². The monoisotopic (exact) mass is 416 g/mol. The molecule has 0 fully saturated rings. The highest BCUT2D eigenvalue weighted by Crippen LogP contribution is 2.24. The van der Waals surface area contributed by atoms with Crippen LogP contribution in [0.5, 0.6) is 11.5 Å². The van der Waals surface area contributed by atoms with Gasteiger partial charge in [0.05, 0.1) is 12.0 Å². The van der Waals surface area contributed by atoms with Crippen LogP contribution in [0.3, 0.4) is 0 Å². The number of rotatable bonds is 8. The number of thiocarbonyl (C=S) groups is 1. The Morgan fingerprint density at radius 2 is 1.71 bits per heavy atom. The Balaban J connectivity index is 2.00. The van der Waals surface area contributed by atoms with Gasteiger partial charge in [0.1, 0.15) is 21.9 Å². The number of ether oxygens (including phenoxy) is 2. The smallest absolute Gasteiger partial charge is 0.322 e. The normalized spacial score (nSPS) is 12.1. The molecule has 0 aliphatic heterocycles. The van der Waals surface area contributed by atoms with Crippen LogP contribution in [-0.2, 0) is 20.7 Å². The summed E-state index contributed by atoms with van der Waals surface area (Å²) >= 11 is 5.83. The third-order valence-electron chi connectivity index (χ3n) is 3.64. The van der Waals surface area contributed by atoms with Gasteiger partial charge in [0, 0.05) is 0 Å². The number of thioether (sulfide) groups is 1. The summed E-state index contributed by atoms with van der Waals surface area (Å²) in [7, 11) is 1.31. The zero-order valence-electron chi connectivity index (χ0n) is 15.2. The van der Waals surface area contributed by atoms with E-state index in [2.05, 4.69) is 4.74 Å². The number of carbonyl (C=O) groups is 2. The molecule has 1 unspecified atom stereocenters. The predicted molar refractivity (Wildman–Crippen MR) is 115 cm³/mol. The summed E-state index contributed by atoms with van der Waals surface area (Å²) in [4.78, 5) is 22.9. The van der Waals surface area contributed by atoms with Crippen molar-refractivity contribution in [3.05, 3.63) is 64.6 Å². The fourth-order valence-corrected chi connectivity index (χ4v) is 3.08. The van der Waals surface area contributed by atoms with Crippen LogP contribution in [0.15, 0.2) is 53.4 Å². The third kappa shape index (κ3) is 6.80. The first-order valence-corrected chi connectivity index (χ1v) is 9.48. The van der Waals surface area contributed by atoms with E-state index < -0.39 is 12.0 Å². The van der Waals surface area contributed by atoms with Crippen molar-refractivity contribution in [2.75, 3.05) is 7.11 Å². The zero-order valence-corrected chi connectivity index (χ0v) is 16.8. The Hall–Kier alpha value is -2.68. The minimum Gasteiger partial charge on any atom is -0.468 e. The van der Waals surface area contributed by atoms with Crippen LogP contribution in [0.25, 0.3) is 6.08 Å². The number of methoxy groups -OCH3 is 1. The van der Waals surface area contributed by atoms with Gasteiger partial charge in [-0.3, -0.25) is 9.59 Å². The average molecular weight is 417 g/mol. The summed E-state index contributed by atoms with van der Waals surface area (Å²) in [6.07, 6.45) is 2.79. The van der Waals surface area contributed by atoms with Gasteiger partial charge in [-0.05, 0) is 47.9 Å². The molecule has 0 aromatic heterocycles. The quantitative estimate of drug-likeness (QED) is 0.293. The number of aldehydes is 1. The Labute approximate surface area is 172 Å². The van der Waals surface area contributed by atoms with Crippen LogP contribution in [0, 0.1) is 0 Å². The number of hydrogen-bond acceptors (Lipinski definition) is 7. The number of hydrogen-bond donors (Lipinski definition) is 2. The van der Waals surface area contributed by atoms with E-state index in [0.29, 0.717) is 29.1 Å². The third-order valence-corrected chi connectivity index (χ3v) is 4.54. The molecule has 2 rings (SSSR count). The van der Waals surface area contributed by atoms with Crippen molar-refractivity contribution < 1.29 is 19.1 Å². The van der Waals surface area contributed by atoms with Gasteiger partial charge in [-0.1, -0.05) is 48.2 Å². The molecule has 2 aromatic carbocycles. The molecular formula is C20H20N2O4S2. The molecular weight excluding hydrogens is 396 g/mol. The summed E-state index contributed by atoms with van der Waals surface area (Å²) in [5.41, 5.74) is 12.9. The average Bonchev–Trinajstić information content (AvgIpc) is 2.69. The lowest BCUT2D eigenvalue weighted by Gasteiger charge is -2.10. The van der Waals surface area contributed by atoms with Gasteiger partial charge in [0.15, 0.2) is 6.29 Å². The van der Waals surface area contributed by atoms with E-state index in [9.17, 15) is 9.59 Å². The number of nitrogens with two attached hydrogens (primary N) is 2. The van der Waals surface area contributed by atoms with Crippen LogP contribution in [-0.4, -0.2) is 29.7 Å². The predicted octanol–water partition coefficient (Wildman–Crippen LogP) is 3.04. The molecule has 0 bridgehead atoms. The van der Waals surface area contributed by atoms with Crippen molar-refractivity contribution >= 4 is 46.6 Å². The van der Waals surface area contributed by atoms with E-state index in [-0.39, 0.29) is 4.32 Å². The lowest BCUT2D eigenvalue weighted by atomic mass is 10.1. The van der Waals surface area contributed by atoms with E-state index in [1.807, 2.05) is 24.3 Å². The fourth-order valence-electron chi connectivity index (χ4n) is 2.32. The second-order valence-electron chi connectivity index (χ2n) is 5.73. The van der Waals surface area contributed by atoms with Gasteiger partial charge < -0.3 is 20.9 Å². The lowest BCUT2D eigenvalue weighted by Crippen LogP contribution is -2.33. The fraction of sp³-hybridized carbons (Fsp3) is 0.150. The molecule has 0 heterocycles. The summed E-state index contributed by atoms with van der Waals surface area (Å²) in [5, 5.41) is 0. The van der Waals surface area contributed by atoms with Crippen molar-refractivity contribution in [1.82, 2.24) is 0 Å². The van der Waals surface area contributed by atoms with E-state index in [0.717, 1.165) is 22.9 Å². The minimum atomic E-state index is -0.694. The molecule has 0 saturated carbocycles. The van der Waals surface area contributed by atoms with Crippen molar-refractivity contribution in [3.63, 3.8) is 0 Å². The Morgan fingerprint density at radius 1 is 1.14 bits per heavy atom. The SMILES string of the molecule is COC(=O)C(N)Cc1ccc(Oc2ccc(/C=C(/C=O)SC(N)=S)cc2)cc1. The number of esters is 1. The molecule has 0 amide bonds. The molecule has 8 heteroatoms. The molecule has 0 radical (unpaired) electrons. The molecule has 0 aliphatic carbocycles. The maximum absolute atomic E-state index is 11.4. The maximum atomic E-state index is 11.4. The molecule has 4 N–H and O–H groups in total. The van der Waals surface area contributed by atoms with E-state index in [1.54, 1.807) is 30.3 Å². The Kier molecular flexibility index (Phi) is 8.19. The highest BCUT2D eigenvalue weighted by molar-refractivity contribution is 8.26. The van der Waals surface area contributed by atoms with Crippen molar-refractivity contribution in [2.24, 2.45) is 11.5 Å². The molecule has 28 heavy (non-hydrogen) atoms. The molecule has 2 aromatic rings. The minimum absolute atomic E-state index is 0.189. The van der Waals surface area contributed by atoms with Gasteiger partial charge >= 0.3 is 5.97 Å². The molecule has 0 spiro atoms. The molecule has 146 valence electrons. The van der Waals surface area contributed by atoms with Crippen LogP contribution in [0.4, 0.5) is 0 Å². The molecule has 0 saturated heterocycles. The van der Waals surface area contributed by atoms with E-state index in [1.165, 1.54) is 7.11 Å². The number of carbonyl (C=O) groups excluding carboxylic acids is 2. The lowest BCUT2D eigenvalue weighted by molar-refractivity contribution is -0.142. The summed E-state index contributed by atoms with van der Waals surface area (Å²) in [6.45, 7) is 0. The maximum Gasteiger partial charge on any atom is 0.322 e. The summed E-state index contributed by atoms with van der Waals surface area (Å²) in [5.74, 6) is 0.848. The second kappa shape index (κ2) is 10.6. The van der Waals surface area contributed by atoms with Gasteiger partial charge in [0.25, 0.3) is 0 Å². The summed E-state index contributed by atoms with van der Waals surface area (Å²) in [6, 6.07) is 13.8. The Morgan fingerprint density at radius 3 is 2.21 bits per heavy atom. The van der Waals surface area contributed by atoms with Crippen LogP contribution in [0.1, 0.15) is 11.1 Å². The van der Waals surface area contributed by atoms with Gasteiger partial charge in [-0.25, -0.2) is 0 Å². The first-order chi connectivity index (χ1) is 13.4. The van der Waals surface area contributed by atoms with Gasteiger partial charge in [0.2, 0.25) is 0 Å². The van der Waals surface area contributed by atoms with Crippen molar-refractivity contribution in [3.8, 4) is 11.5 Å². The summed E-state index contributed by atoms with van der Waals surface area (Å²) < 4.78 is 10.6. The number of benzene rings is 2. The standard InChI is InChI=1S/C20H20N2O4S2/c1-25-19(24)18(21)11-14-4-8-16(9-5-14)26-15-6-2-13(3-7-15)10-17(12-23)28-20(22)27/h2-10,12,18H,11,21H2,1H3,(H2,22,27)/b17-10-. The van der Waals surface area contributed by atoms with E-state index in [4.69, 9.17) is 28.4 Å². The topological polar surface area (TPSA) is 105 Å². The van der Waals surface area contributed by atoms with Crippen LogP contribution < -0.4 is 16.2 Å². The first-order valence-electron chi connectivity index (χ1n) is 8.25. The molecule has 0 aliphatic rings. The van der Waals surface area contributed by atoms with Crippen LogP contribution in [0.2, 0.25) is 0 Å². The van der Waals surface area contributed by atoms with Gasteiger partial charge in [-0.2, -0.15) is 0 Å². The van der Waals surface area contributed by atoms with E-state index >= 15 is 0 Å². The largest absolute Gasteiger partial charge is 0.468 e. The number of allylic oxidation sites excluding steroid dienone is 1. The molecule has 1 atom stereocenters. The highest BCUT2D eigenvalue weighted by atomic mass is 32.2. The van der Waals surface area contributed by atoms with Gasteiger partial charge in [-0.15, -0.1) is 0 Å². The molecule has 6 nitrogen and oxygen atoms in total. The Bertz CT molecular complexity index is 865. The second-order valence-corrected chi connectivity index (χ2v) is 7.55. The highest BCUT2D eigenvalue weighted by Gasteiger charge is 2.14. The zero-order chi connectivity index (χ0) is 20.5. The first kappa shape index (κ1) is 21.6.